The molecule has 0 aliphatic rings. The van der Waals surface area contributed by atoms with Crippen LogP contribution >= 0.6 is 27.5 Å². The van der Waals surface area contributed by atoms with Gasteiger partial charge in [-0.15, -0.1) is 0 Å². The summed E-state index contributed by atoms with van der Waals surface area (Å²) in [6.45, 7) is 2.54. The van der Waals surface area contributed by atoms with Crippen molar-refractivity contribution < 1.29 is 4.74 Å². The van der Waals surface area contributed by atoms with Crippen molar-refractivity contribution in [2.45, 2.75) is 25.8 Å². The largest absolute Gasteiger partial charge is 0.488 e. The first-order valence-corrected chi connectivity index (χ1v) is 6.83. The van der Waals surface area contributed by atoms with E-state index in [-0.39, 0.29) is 6.04 Å². The molecule has 0 spiro atoms. The van der Waals surface area contributed by atoms with Gasteiger partial charge in [0.15, 0.2) is 0 Å². The van der Waals surface area contributed by atoms with Crippen LogP contribution in [0.25, 0.3) is 0 Å². The van der Waals surface area contributed by atoms with E-state index in [0.29, 0.717) is 6.61 Å². The lowest BCUT2D eigenvalue weighted by molar-refractivity contribution is 0.355. The van der Waals surface area contributed by atoms with E-state index in [1.165, 1.54) is 5.54 Å². The lowest BCUT2D eigenvalue weighted by atomic mass is 10.0. The second-order valence-corrected chi connectivity index (χ2v) is 4.88. The molecule has 0 heterocycles. The highest BCUT2D eigenvalue weighted by molar-refractivity contribution is 9.10. The second kappa shape index (κ2) is 7.75. The first-order chi connectivity index (χ1) is 8.19. The molecule has 0 saturated carbocycles. The van der Waals surface area contributed by atoms with Crippen LogP contribution in [0.5, 0.6) is 5.75 Å². The van der Waals surface area contributed by atoms with E-state index in [1.54, 1.807) is 6.08 Å². The zero-order valence-electron chi connectivity index (χ0n) is 9.83. The molecule has 0 bridgehead atoms. The maximum atomic E-state index is 5.97. The molecule has 1 aromatic rings. The smallest absolute Gasteiger partial charge is 0.137 e. The molecule has 0 amide bonds. The van der Waals surface area contributed by atoms with E-state index in [2.05, 4.69) is 22.9 Å². The maximum absolute atomic E-state index is 5.97. The molecular weight excluding hydrogens is 302 g/mol. The zero-order valence-corrected chi connectivity index (χ0v) is 12.2. The lowest BCUT2D eigenvalue weighted by Crippen LogP contribution is -2.21. The summed E-state index contributed by atoms with van der Waals surface area (Å²) in [6.07, 6.45) is 3.52. The van der Waals surface area contributed by atoms with Gasteiger partial charge in [0.1, 0.15) is 12.4 Å². The summed E-state index contributed by atoms with van der Waals surface area (Å²) >= 11 is 8.95. The Morgan fingerprint density at radius 2 is 2.29 bits per heavy atom. The van der Waals surface area contributed by atoms with Crippen molar-refractivity contribution in [3.05, 3.63) is 39.8 Å². The molecule has 0 fully saturated rings. The van der Waals surface area contributed by atoms with Crippen LogP contribution in [0.3, 0.4) is 0 Å². The number of hydrogen-bond donors (Lipinski definition) is 1. The first-order valence-electron chi connectivity index (χ1n) is 5.60. The first kappa shape index (κ1) is 14.6. The van der Waals surface area contributed by atoms with Crippen LogP contribution in [0.15, 0.2) is 34.3 Å². The summed E-state index contributed by atoms with van der Waals surface area (Å²) in [5.74, 6) is 0.853. The molecule has 1 unspecified atom stereocenters. The number of rotatable bonds is 6. The Labute approximate surface area is 116 Å². The van der Waals surface area contributed by atoms with E-state index >= 15 is 0 Å². The van der Waals surface area contributed by atoms with Crippen LogP contribution < -0.4 is 10.5 Å². The van der Waals surface area contributed by atoms with Gasteiger partial charge in [0.25, 0.3) is 0 Å². The van der Waals surface area contributed by atoms with Crippen LogP contribution in [0, 0.1) is 0 Å². The van der Waals surface area contributed by atoms with Gasteiger partial charge in [-0.25, -0.2) is 0 Å². The third-order valence-electron chi connectivity index (χ3n) is 2.47. The van der Waals surface area contributed by atoms with Gasteiger partial charge < -0.3 is 10.5 Å². The summed E-state index contributed by atoms with van der Waals surface area (Å²) in [6, 6.07) is 6.16. The molecule has 0 aromatic heterocycles. The summed E-state index contributed by atoms with van der Waals surface area (Å²) in [5, 5.41) is 0. The van der Waals surface area contributed by atoms with Gasteiger partial charge in [0.05, 0.1) is 4.47 Å². The predicted octanol–water partition coefficient (Wildman–Crippen LogP) is 3.86. The van der Waals surface area contributed by atoms with E-state index in [4.69, 9.17) is 22.1 Å². The minimum atomic E-state index is 0.162. The van der Waals surface area contributed by atoms with Crippen LogP contribution in [0.1, 0.15) is 18.9 Å². The monoisotopic (exact) mass is 317 g/mol. The number of para-hydroxylation sites is 1. The molecule has 0 aliphatic carbocycles. The van der Waals surface area contributed by atoms with E-state index in [0.717, 1.165) is 28.6 Å². The van der Waals surface area contributed by atoms with Crippen molar-refractivity contribution in [1.82, 2.24) is 0 Å². The summed E-state index contributed by atoms with van der Waals surface area (Å²) < 4.78 is 6.63. The summed E-state index contributed by atoms with van der Waals surface area (Å²) in [7, 11) is 0. The lowest BCUT2D eigenvalue weighted by Gasteiger charge is -2.15. The van der Waals surface area contributed by atoms with E-state index < -0.39 is 0 Å². The quantitative estimate of drug-likeness (QED) is 0.864. The van der Waals surface area contributed by atoms with Crippen molar-refractivity contribution in [3.8, 4) is 5.75 Å². The highest BCUT2D eigenvalue weighted by Crippen LogP contribution is 2.30. The molecule has 1 aromatic carbocycles. The average molecular weight is 319 g/mol. The normalized spacial score (nSPS) is 12.9. The molecule has 0 aliphatic heterocycles. The molecule has 17 heavy (non-hydrogen) atoms. The molecule has 0 radical (unpaired) electrons. The molecule has 2 nitrogen and oxygen atoms in total. The van der Waals surface area contributed by atoms with Crippen LogP contribution in [0.4, 0.5) is 0 Å². The molecule has 4 heteroatoms. The Morgan fingerprint density at radius 3 is 2.94 bits per heavy atom. The predicted molar refractivity (Wildman–Crippen MR) is 76.6 cm³/mol. The van der Waals surface area contributed by atoms with Crippen LogP contribution in [-0.4, -0.2) is 12.6 Å². The topological polar surface area (TPSA) is 35.2 Å². The number of hydrogen-bond acceptors (Lipinski definition) is 2. The third kappa shape index (κ3) is 4.70. The Balaban J connectivity index is 2.83. The van der Waals surface area contributed by atoms with Crippen molar-refractivity contribution >= 4 is 27.5 Å². The highest BCUT2D eigenvalue weighted by atomic mass is 79.9. The maximum Gasteiger partial charge on any atom is 0.137 e. The van der Waals surface area contributed by atoms with Crippen LogP contribution in [-0.2, 0) is 6.42 Å². The number of nitrogens with two attached hydrogens (primary N) is 1. The number of benzene rings is 1. The van der Waals surface area contributed by atoms with Gasteiger partial charge in [-0.3, -0.25) is 0 Å². The minimum Gasteiger partial charge on any atom is -0.488 e. The summed E-state index contributed by atoms with van der Waals surface area (Å²) in [4.78, 5) is 0. The van der Waals surface area contributed by atoms with E-state index in [1.807, 2.05) is 18.2 Å². The summed E-state index contributed by atoms with van der Waals surface area (Å²) in [5.41, 5.74) is 8.55. The van der Waals surface area contributed by atoms with Gasteiger partial charge in [-0.1, -0.05) is 30.7 Å². The molecule has 2 N–H and O–H groups in total. The third-order valence-corrected chi connectivity index (χ3v) is 3.27. The molecule has 1 rings (SSSR count). The fraction of sp³-hybridized carbons (Fsp3) is 0.385. The molecule has 1 atom stereocenters. The van der Waals surface area contributed by atoms with E-state index in [9.17, 15) is 0 Å². The minimum absolute atomic E-state index is 0.162. The fourth-order valence-electron chi connectivity index (χ4n) is 1.47. The van der Waals surface area contributed by atoms with Gasteiger partial charge in [-0.05, 0) is 46.5 Å². The van der Waals surface area contributed by atoms with Crippen molar-refractivity contribution in [2.24, 2.45) is 5.73 Å². The van der Waals surface area contributed by atoms with Gasteiger partial charge in [-0.2, -0.15) is 0 Å². The number of halogens is 2. The van der Waals surface area contributed by atoms with Crippen molar-refractivity contribution in [1.29, 1.82) is 0 Å². The van der Waals surface area contributed by atoms with Gasteiger partial charge in [0, 0.05) is 11.6 Å². The SMILES string of the molecule is CCC(N)Cc1cccc(Br)c1OCC=CCl. The highest BCUT2D eigenvalue weighted by Gasteiger charge is 2.10. The number of ether oxygens (including phenoxy) is 1. The van der Waals surface area contributed by atoms with Crippen molar-refractivity contribution in [2.75, 3.05) is 6.61 Å². The Kier molecular flexibility index (Phi) is 6.63. The Hall–Kier alpha value is -0.510. The Bertz CT molecular complexity index is 382. The molecular formula is C13H17BrClNO. The van der Waals surface area contributed by atoms with Crippen molar-refractivity contribution in [3.63, 3.8) is 0 Å². The standard InChI is InChI=1S/C13H17BrClNO/c1-2-11(16)9-10-5-3-6-12(14)13(10)17-8-4-7-15/h3-7,11H,2,8-9,16H2,1H3. The van der Waals surface area contributed by atoms with Crippen LogP contribution in [0.2, 0.25) is 0 Å². The Morgan fingerprint density at radius 1 is 1.53 bits per heavy atom. The van der Waals surface area contributed by atoms with Gasteiger partial charge >= 0.3 is 0 Å². The zero-order chi connectivity index (χ0) is 12.7. The molecule has 94 valence electrons. The fourth-order valence-corrected chi connectivity index (χ4v) is 2.06. The molecule has 0 saturated heterocycles. The van der Waals surface area contributed by atoms with Gasteiger partial charge in [0.2, 0.25) is 0 Å². The second-order valence-electron chi connectivity index (χ2n) is 3.77. The average Bonchev–Trinajstić information content (AvgIpc) is 2.32.